The van der Waals surface area contributed by atoms with Crippen molar-refractivity contribution >= 4 is 5.97 Å². The summed E-state index contributed by atoms with van der Waals surface area (Å²) in [6, 6.07) is 0.429. The molecule has 0 aromatic heterocycles. The molecule has 0 bridgehead atoms. The zero-order valence-corrected chi connectivity index (χ0v) is 12.4. The molecular formula is C14H28N2O3. The molecule has 1 rings (SSSR count). The maximum Gasteiger partial charge on any atom is 0.323 e. The summed E-state index contributed by atoms with van der Waals surface area (Å²) in [6.07, 6.45) is 2.61. The Morgan fingerprint density at radius 3 is 2.84 bits per heavy atom. The van der Waals surface area contributed by atoms with Crippen molar-refractivity contribution in [1.29, 1.82) is 0 Å². The van der Waals surface area contributed by atoms with Crippen LogP contribution >= 0.6 is 0 Å². The Labute approximate surface area is 116 Å². The summed E-state index contributed by atoms with van der Waals surface area (Å²) in [4.78, 5) is 13.8. The van der Waals surface area contributed by atoms with Crippen LogP contribution in [-0.4, -0.2) is 60.4 Å². The average molecular weight is 272 g/mol. The highest BCUT2D eigenvalue weighted by Crippen LogP contribution is 2.16. The van der Waals surface area contributed by atoms with E-state index in [0.29, 0.717) is 12.5 Å². The molecule has 0 aliphatic carbocycles. The van der Waals surface area contributed by atoms with E-state index >= 15 is 0 Å². The average Bonchev–Trinajstić information content (AvgIpc) is 2.43. The number of hydrogen-bond donors (Lipinski definition) is 2. The maximum atomic E-state index is 11.4. The van der Waals surface area contributed by atoms with Crippen molar-refractivity contribution < 1.29 is 14.6 Å². The van der Waals surface area contributed by atoms with E-state index in [1.165, 1.54) is 0 Å². The highest BCUT2D eigenvalue weighted by atomic mass is 16.5. The van der Waals surface area contributed by atoms with Crippen LogP contribution in [0.5, 0.6) is 0 Å². The van der Waals surface area contributed by atoms with E-state index in [4.69, 9.17) is 4.74 Å². The summed E-state index contributed by atoms with van der Waals surface area (Å²) in [5.74, 6) is -0.762. The number of carboxylic acid groups (broad SMARTS) is 1. The number of rotatable bonds is 8. The lowest BCUT2D eigenvalue weighted by molar-refractivity contribution is -0.144. The number of nitrogens with zero attached hydrogens (tertiary/aromatic N) is 1. The van der Waals surface area contributed by atoms with Gasteiger partial charge in [0.1, 0.15) is 5.54 Å². The fraction of sp³-hybridized carbons (Fsp3) is 0.929. The Morgan fingerprint density at radius 1 is 1.53 bits per heavy atom. The number of hydrogen-bond acceptors (Lipinski definition) is 4. The number of carboxylic acids is 1. The summed E-state index contributed by atoms with van der Waals surface area (Å²) >= 11 is 0. The van der Waals surface area contributed by atoms with Crippen LogP contribution in [-0.2, 0) is 9.53 Å². The smallest absolute Gasteiger partial charge is 0.323 e. The number of morpholine rings is 1. The Balaban J connectivity index is 2.52. The molecule has 2 N–H and O–H groups in total. The summed E-state index contributed by atoms with van der Waals surface area (Å²) in [7, 11) is 0. The first-order chi connectivity index (χ1) is 9.03. The van der Waals surface area contributed by atoms with Gasteiger partial charge in [0.05, 0.1) is 13.2 Å². The Morgan fingerprint density at radius 2 is 2.26 bits per heavy atom. The van der Waals surface area contributed by atoms with Gasteiger partial charge in [-0.1, -0.05) is 13.8 Å². The van der Waals surface area contributed by atoms with Crippen LogP contribution < -0.4 is 5.32 Å². The number of nitrogens with one attached hydrogen (secondary N) is 1. The van der Waals surface area contributed by atoms with Gasteiger partial charge in [0.15, 0.2) is 0 Å². The number of aliphatic carboxylic acids is 1. The molecular weight excluding hydrogens is 244 g/mol. The molecule has 0 saturated carbocycles. The van der Waals surface area contributed by atoms with Crippen molar-refractivity contribution in [3.05, 3.63) is 0 Å². The van der Waals surface area contributed by atoms with Gasteiger partial charge in [0.2, 0.25) is 0 Å². The first kappa shape index (κ1) is 16.4. The molecule has 1 heterocycles. The Hall–Kier alpha value is -0.650. The van der Waals surface area contributed by atoms with E-state index < -0.39 is 11.5 Å². The van der Waals surface area contributed by atoms with E-state index in [-0.39, 0.29) is 0 Å². The van der Waals surface area contributed by atoms with Crippen molar-refractivity contribution in [3.63, 3.8) is 0 Å². The summed E-state index contributed by atoms with van der Waals surface area (Å²) in [5.41, 5.74) is -0.827. The highest BCUT2D eigenvalue weighted by Gasteiger charge is 2.33. The molecule has 5 nitrogen and oxygen atoms in total. The van der Waals surface area contributed by atoms with Crippen molar-refractivity contribution in [2.45, 2.75) is 51.6 Å². The molecule has 0 radical (unpaired) electrons. The lowest BCUT2D eigenvalue weighted by atomic mass is 9.96. The molecule has 2 unspecified atom stereocenters. The van der Waals surface area contributed by atoms with E-state index in [2.05, 4.69) is 17.1 Å². The normalized spacial score (nSPS) is 24.1. The fourth-order valence-electron chi connectivity index (χ4n) is 2.40. The van der Waals surface area contributed by atoms with E-state index in [1.807, 2.05) is 6.92 Å². The molecule has 0 aromatic carbocycles. The minimum absolute atomic E-state index is 0.429. The molecule has 1 fully saturated rings. The fourth-order valence-corrected chi connectivity index (χ4v) is 2.40. The molecule has 1 aliphatic heterocycles. The third-order valence-electron chi connectivity index (χ3n) is 3.96. The van der Waals surface area contributed by atoms with Gasteiger partial charge in [-0.2, -0.15) is 0 Å². The molecule has 112 valence electrons. The van der Waals surface area contributed by atoms with E-state index in [9.17, 15) is 9.90 Å². The number of carbonyl (C=O) groups is 1. The van der Waals surface area contributed by atoms with Gasteiger partial charge in [-0.15, -0.1) is 0 Å². The first-order valence-corrected chi connectivity index (χ1v) is 7.33. The second-order valence-electron chi connectivity index (χ2n) is 5.49. The molecule has 19 heavy (non-hydrogen) atoms. The van der Waals surface area contributed by atoms with Crippen molar-refractivity contribution in [1.82, 2.24) is 10.2 Å². The number of ether oxygens (including phenoxy) is 1. The molecule has 0 amide bonds. The summed E-state index contributed by atoms with van der Waals surface area (Å²) in [6.45, 7) is 9.95. The standard InChI is InChI=1S/C14H28N2O3/c1-4-7-15-14(3,13(17)18)6-8-16-9-10-19-11-12(16)5-2/h12,15H,4-11H2,1-3H3,(H,17,18). The zero-order valence-electron chi connectivity index (χ0n) is 12.4. The van der Waals surface area contributed by atoms with Crippen molar-refractivity contribution in [2.24, 2.45) is 0 Å². The predicted octanol–water partition coefficient (Wildman–Crippen LogP) is 1.33. The predicted molar refractivity (Wildman–Crippen MR) is 75.4 cm³/mol. The van der Waals surface area contributed by atoms with E-state index in [1.54, 1.807) is 6.92 Å². The molecule has 0 aromatic rings. The van der Waals surface area contributed by atoms with Gasteiger partial charge in [0.25, 0.3) is 0 Å². The van der Waals surface area contributed by atoms with Crippen LogP contribution in [0.4, 0.5) is 0 Å². The van der Waals surface area contributed by atoms with Crippen LogP contribution in [0.15, 0.2) is 0 Å². The third-order valence-corrected chi connectivity index (χ3v) is 3.96. The second-order valence-corrected chi connectivity index (χ2v) is 5.49. The highest BCUT2D eigenvalue weighted by molar-refractivity contribution is 5.78. The molecule has 2 atom stereocenters. The van der Waals surface area contributed by atoms with Crippen LogP contribution in [0.25, 0.3) is 0 Å². The van der Waals surface area contributed by atoms with Gasteiger partial charge in [-0.3, -0.25) is 9.69 Å². The second kappa shape index (κ2) is 7.82. The molecule has 0 spiro atoms. The Bertz CT molecular complexity index is 286. The maximum absolute atomic E-state index is 11.4. The van der Waals surface area contributed by atoms with Crippen LogP contribution in [0.1, 0.15) is 40.0 Å². The largest absolute Gasteiger partial charge is 0.480 e. The van der Waals surface area contributed by atoms with Crippen LogP contribution in [0.3, 0.4) is 0 Å². The SMILES string of the molecule is CCCNC(C)(CCN1CCOCC1CC)C(=O)O. The zero-order chi connectivity index (χ0) is 14.3. The van der Waals surface area contributed by atoms with E-state index in [0.717, 1.165) is 45.7 Å². The quantitative estimate of drug-likeness (QED) is 0.698. The van der Waals surface area contributed by atoms with Gasteiger partial charge >= 0.3 is 5.97 Å². The van der Waals surface area contributed by atoms with Gasteiger partial charge < -0.3 is 15.2 Å². The lowest BCUT2D eigenvalue weighted by Crippen LogP contribution is -2.53. The van der Waals surface area contributed by atoms with Gasteiger partial charge in [0, 0.05) is 19.1 Å². The third kappa shape index (κ3) is 4.75. The monoisotopic (exact) mass is 272 g/mol. The summed E-state index contributed by atoms with van der Waals surface area (Å²) < 4.78 is 5.47. The molecule has 5 heteroatoms. The molecule has 1 saturated heterocycles. The molecule has 1 aliphatic rings. The van der Waals surface area contributed by atoms with Crippen LogP contribution in [0, 0.1) is 0 Å². The first-order valence-electron chi connectivity index (χ1n) is 7.33. The summed E-state index contributed by atoms with van der Waals surface area (Å²) in [5, 5.41) is 12.6. The minimum Gasteiger partial charge on any atom is -0.480 e. The van der Waals surface area contributed by atoms with Crippen molar-refractivity contribution in [3.8, 4) is 0 Å². The van der Waals surface area contributed by atoms with Crippen LogP contribution in [0.2, 0.25) is 0 Å². The van der Waals surface area contributed by atoms with Gasteiger partial charge in [-0.25, -0.2) is 0 Å². The topological polar surface area (TPSA) is 61.8 Å². The van der Waals surface area contributed by atoms with Gasteiger partial charge in [-0.05, 0) is 32.7 Å². The lowest BCUT2D eigenvalue weighted by Gasteiger charge is -2.37. The minimum atomic E-state index is -0.827. The van der Waals surface area contributed by atoms with Crippen molar-refractivity contribution in [2.75, 3.05) is 32.8 Å². The Kier molecular flexibility index (Phi) is 6.75.